The van der Waals surface area contributed by atoms with Gasteiger partial charge in [0.2, 0.25) is 0 Å². The van der Waals surface area contributed by atoms with Crippen molar-refractivity contribution in [2.75, 3.05) is 14.2 Å². The van der Waals surface area contributed by atoms with Crippen LogP contribution in [0.2, 0.25) is 0 Å². The van der Waals surface area contributed by atoms with Gasteiger partial charge in [-0.1, -0.05) is 12.1 Å². The molecule has 0 unspecified atom stereocenters. The number of Topliss-reactive ketones (excluding diaryl/α,β-unsaturated/α-hetero) is 1. The first-order chi connectivity index (χ1) is 8.76. The molecule has 18 heavy (non-hydrogen) atoms. The van der Waals surface area contributed by atoms with Crippen LogP contribution in [0.15, 0.2) is 23.8 Å². The van der Waals surface area contributed by atoms with Gasteiger partial charge >= 0.3 is 0 Å². The normalized spacial score (nSPS) is 17.9. The lowest BCUT2D eigenvalue weighted by Crippen LogP contribution is -2.08. The lowest BCUT2D eigenvalue weighted by molar-refractivity contribution is -0.116. The Labute approximate surface area is 107 Å². The maximum Gasteiger partial charge on any atom is 0.167 e. The van der Waals surface area contributed by atoms with Crippen molar-refractivity contribution < 1.29 is 14.3 Å². The van der Waals surface area contributed by atoms with Crippen LogP contribution in [0.25, 0.3) is 6.08 Å². The topological polar surface area (TPSA) is 35.5 Å². The largest absolute Gasteiger partial charge is 0.493 e. The third-order valence-electron chi connectivity index (χ3n) is 3.22. The van der Waals surface area contributed by atoms with Gasteiger partial charge in [-0.3, -0.25) is 4.79 Å². The van der Waals surface area contributed by atoms with Gasteiger partial charge in [0.15, 0.2) is 17.3 Å². The Morgan fingerprint density at radius 1 is 1.11 bits per heavy atom. The fourth-order valence-electron chi connectivity index (χ4n) is 2.27. The van der Waals surface area contributed by atoms with Crippen LogP contribution in [0.4, 0.5) is 0 Å². The van der Waals surface area contributed by atoms with Crippen molar-refractivity contribution in [1.82, 2.24) is 0 Å². The first-order valence-corrected chi connectivity index (χ1v) is 6.21. The van der Waals surface area contributed by atoms with Crippen LogP contribution in [0.1, 0.15) is 31.2 Å². The summed E-state index contributed by atoms with van der Waals surface area (Å²) in [6.45, 7) is 0. The number of benzene rings is 1. The smallest absolute Gasteiger partial charge is 0.167 e. The quantitative estimate of drug-likeness (QED) is 0.768. The molecule has 1 fully saturated rings. The average molecular weight is 246 g/mol. The molecule has 3 nitrogen and oxygen atoms in total. The molecule has 0 saturated heterocycles. The molecule has 0 aromatic heterocycles. The monoisotopic (exact) mass is 246 g/mol. The number of ketones is 1. The molecule has 1 aromatic carbocycles. The SMILES string of the molecule is COc1cccc(/C=C2\CCCCC2=O)c1OC. The first kappa shape index (κ1) is 12.7. The number of carbonyl (C=O) groups is 1. The third kappa shape index (κ3) is 2.55. The maximum atomic E-state index is 11.8. The highest BCUT2D eigenvalue weighted by atomic mass is 16.5. The van der Waals surface area contributed by atoms with Gasteiger partial charge in [0.1, 0.15) is 0 Å². The van der Waals surface area contributed by atoms with E-state index in [-0.39, 0.29) is 5.78 Å². The summed E-state index contributed by atoms with van der Waals surface area (Å²) < 4.78 is 10.6. The number of allylic oxidation sites excluding steroid dienone is 1. The second-order valence-electron chi connectivity index (χ2n) is 4.38. The van der Waals surface area contributed by atoms with E-state index >= 15 is 0 Å². The van der Waals surface area contributed by atoms with Crippen LogP contribution >= 0.6 is 0 Å². The number of ether oxygens (including phenoxy) is 2. The van der Waals surface area contributed by atoms with Gasteiger partial charge in [0.05, 0.1) is 14.2 Å². The van der Waals surface area contributed by atoms with E-state index < -0.39 is 0 Å². The van der Waals surface area contributed by atoms with E-state index in [4.69, 9.17) is 9.47 Å². The summed E-state index contributed by atoms with van der Waals surface area (Å²) in [6.07, 6.45) is 5.55. The first-order valence-electron chi connectivity index (χ1n) is 6.21. The van der Waals surface area contributed by atoms with Crippen LogP contribution in [0.5, 0.6) is 11.5 Å². The van der Waals surface area contributed by atoms with Gasteiger partial charge in [-0.25, -0.2) is 0 Å². The van der Waals surface area contributed by atoms with Crippen LogP contribution in [-0.4, -0.2) is 20.0 Å². The minimum atomic E-state index is 0.256. The van der Waals surface area contributed by atoms with Gasteiger partial charge in [0, 0.05) is 12.0 Å². The molecule has 0 atom stereocenters. The molecule has 0 heterocycles. The maximum absolute atomic E-state index is 11.8. The molecule has 0 aliphatic heterocycles. The summed E-state index contributed by atoms with van der Waals surface area (Å²) >= 11 is 0. The summed E-state index contributed by atoms with van der Waals surface area (Å²) in [5.74, 6) is 1.63. The van der Waals surface area contributed by atoms with Gasteiger partial charge < -0.3 is 9.47 Å². The summed E-state index contributed by atoms with van der Waals surface area (Å²) in [5, 5.41) is 0. The van der Waals surface area contributed by atoms with Crippen molar-refractivity contribution >= 4 is 11.9 Å². The summed E-state index contributed by atoms with van der Waals surface area (Å²) in [4.78, 5) is 11.8. The fourth-order valence-corrected chi connectivity index (χ4v) is 2.27. The summed E-state index contributed by atoms with van der Waals surface area (Å²) in [7, 11) is 3.23. The lowest BCUT2D eigenvalue weighted by Gasteiger charge is -2.14. The molecule has 0 bridgehead atoms. The minimum Gasteiger partial charge on any atom is -0.493 e. The molecule has 3 heteroatoms. The van der Waals surface area contributed by atoms with E-state index in [0.29, 0.717) is 17.9 Å². The van der Waals surface area contributed by atoms with Crippen molar-refractivity contribution in [3.8, 4) is 11.5 Å². The zero-order chi connectivity index (χ0) is 13.0. The van der Waals surface area contributed by atoms with Gasteiger partial charge in [0.25, 0.3) is 0 Å². The number of rotatable bonds is 3. The van der Waals surface area contributed by atoms with Crippen molar-refractivity contribution in [2.45, 2.75) is 25.7 Å². The second kappa shape index (κ2) is 5.71. The van der Waals surface area contributed by atoms with Crippen molar-refractivity contribution in [3.05, 3.63) is 29.3 Å². The summed E-state index contributed by atoms with van der Waals surface area (Å²) in [5.41, 5.74) is 1.80. The Balaban J connectivity index is 2.38. The van der Waals surface area contributed by atoms with Crippen LogP contribution in [-0.2, 0) is 4.79 Å². The van der Waals surface area contributed by atoms with Gasteiger partial charge in [-0.05, 0) is 37.0 Å². The Morgan fingerprint density at radius 2 is 1.89 bits per heavy atom. The minimum absolute atomic E-state index is 0.256. The molecule has 1 saturated carbocycles. The molecule has 96 valence electrons. The summed E-state index contributed by atoms with van der Waals surface area (Å²) in [6, 6.07) is 5.70. The Kier molecular flexibility index (Phi) is 4.03. The van der Waals surface area contributed by atoms with E-state index in [1.54, 1.807) is 14.2 Å². The zero-order valence-electron chi connectivity index (χ0n) is 10.9. The van der Waals surface area contributed by atoms with E-state index in [1.807, 2.05) is 24.3 Å². The highest BCUT2D eigenvalue weighted by Crippen LogP contribution is 2.33. The van der Waals surface area contributed by atoms with Crippen LogP contribution in [0, 0.1) is 0 Å². The Bertz CT molecular complexity index is 475. The van der Waals surface area contributed by atoms with E-state index in [9.17, 15) is 4.79 Å². The highest BCUT2D eigenvalue weighted by molar-refractivity contribution is 6.00. The number of hydrogen-bond donors (Lipinski definition) is 0. The molecule has 2 rings (SSSR count). The second-order valence-corrected chi connectivity index (χ2v) is 4.38. The number of carbonyl (C=O) groups excluding carboxylic acids is 1. The predicted octanol–water partition coefficient (Wildman–Crippen LogP) is 3.23. The van der Waals surface area contributed by atoms with Crippen molar-refractivity contribution in [3.63, 3.8) is 0 Å². The third-order valence-corrected chi connectivity index (χ3v) is 3.22. The molecule has 0 N–H and O–H groups in total. The number of hydrogen-bond acceptors (Lipinski definition) is 3. The molecule has 0 amide bonds. The average Bonchev–Trinajstić information content (AvgIpc) is 2.41. The van der Waals surface area contributed by atoms with E-state index in [0.717, 1.165) is 30.4 Å². The standard InChI is InChI=1S/C15H18O3/c1-17-14-9-5-7-12(15(14)18-2)10-11-6-3-4-8-13(11)16/h5,7,9-10H,3-4,6,8H2,1-2H3/b11-10+. The molecule has 1 aliphatic carbocycles. The zero-order valence-corrected chi connectivity index (χ0v) is 10.9. The molecule has 0 spiro atoms. The Hall–Kier alpha value is -1.77. The highest BCUT2D eigenvalue weighted by Gasteiger charge is 2.16. The fraction of sp³-hybridized carbons (Fsp3) is 0.400. The van der Waals surface area contributed by atoms with E-state index in [1.165, 1.54) is 0 Å². The van der Waals surface area contributed by atoms with Crippen LogP contribution in [0.3, 0.4) is 0 Å². The van der Waals surface area contributed by atoms with Crippen molar-refractivity contribution in [2.24, 2.45) is 0 Å². The number of para-hydroxylation sites is 1. The molecule has 1 aliphatic rings. The molecular weight excluding hydrogens is 228 g/mol. The molecule has 1 aromatic rings. The van der Waals surface area contributed by atoms with Crippen molar-refractivity contribution in [1.29, 1.82) is 0 Å². The van der Waals surface area contributed by atoms with Gasteiger partial charge in [-0.15, -0.1) is 0 Å². The van der Waals surface area contributed by atoms with Gasteiger partial charge in [-0.2, -0.15) is 0 Å². The number of methoxy groups -OCH3 is 2. The van der Waals surface area contributed by atoms with Crippen LogP contribution < -0.4 is 9.47 Å². The predicted molar refractivity (Wildman–Crippen MR) is 71.0 cm³/mol. The lowest BCUT2D eigenvalue weighted by atomic mass is 9.92. The van der Waals surface area contributed by atoms with E-state index in [2.05, 4.69) is 0 Å². The molecular formula is C15H18O3. The molecule has 0 radical (unpaired) electrons. The Morgan fingerprint density at radius 3 is 2.56 bits per heavy atom.